The van der Waals surface area contributed by atoms with Crippen molar-refractivity contribution in [2.75, 3.05) is 11.9 Å². The number of anilines is 1. The van der Waals surface area contributed by atoms with Crippen LogP contribution in [-0.4, -0.2) is 13.1 Å². The summed E-state index contributed by atoms with van der Waals surface area (Å²) in [5.41, 5.74) is 3.80. The van der Waals surface area contributed by atoms with Gasteiger partial charge in [0.05, 0.1) is 12.8 Å². The van der Waals surface area contributed by atoms with Crippen molar-refractivity contribution in [3.05, 3.63) is 53.5 Å². The molecule has 0 spiro atoms. The summed E-state index contributed by atoms with van der Waals surface area (Å²) in [5, 5.41) is 3.51. The van der Waals surface area contributed by atoms with Crippen molar-refractivity contribution in [3.8, 4) is 0 Å². The molecule has 20 heavy (non-hydrogen) atoms. The summed E-state index contributed by atoms with van der Waals surface area (Å²) in [6.45, 7) is 3.84. The highest BCUT2D eigenvalue weighted by Crippen LogP contribution is 2.22. The minimum Gasteiger partial charge on any atom is -0.468 e. The Kier molecular flexibility index (Phi) is 3.79. The number of nitrogens with one attached hydrogen (secondary N) is 1. The molecule has 3 heteroatoms. The first-order valence-corrected chi connectivity index (χ1v) is 7.29. The first-order chi connectivity index (χ1) is 9.72. The van der Waals surface area contributed by atoms with Gasteiger partial charge in [0.1, 0.15) is 5.76 Å². The van der Waals surface area contributed by atoms with Crippen molar-refractivity contribution in [1.29, 1.82) is 0 Å². The van der Waals surface area contributed by atoms with Crippen LogP contribution in [0.2, 0.25) is 0 Å². The second kappa shape index (κ2) is 5.71. The third-order valence-corrected chi connectivity index (χ3v) is 3.82. The largest absolute Gasteiger partial charge is 0.468 e. The zero-order valence-corrected chi connectivity index (χ0v) is 12.2. The first kappa shape index (κ1) is 13.3. The number of nitrogens with zero attached hydrogens (tertiary/aromatic N) is 1. The van der Waals surface area contributed by atoms with Crippen molar-refractivity contribution in [2.45, 2.75) is 38.9 Å². The van der Waals surface area contributed by atoms with Gasteiger partial charge >= 0.3 is 0 Å². The number of benzene rings is 1. The summed E-state index contributed by atoms with van der Waals surface area (Å²) in [6.07, 6.45) is 4.40. The van der Waals surface area contributed by atoms with Gasteiger partial charge in [0.25, 0.3) is 0 Å². The Balaban J connectivity index is 1.65. The fourth-order valence-corrected chi connectivity index (χ4v) is 2.40. The molecule has 0 atom stereocenters. The van der Waals surface area contributed by atoms with Gasteiger partial charge in [0, 0.05) is 30.9 Å². The maximum Gasteiger partial charge on any atom is 0.122 e. The monoisotopic (exact) mass is 270 g/mol. The van der Waals surface area contributed by atoms with Gasteiger partial charge in [-0.1, -0.05) is 12.1 Å². The fourth-order valence-electron chi connectivity index (χ4n) is 2.40. The van der Waals surface area contributed by atoms with E-state index in [4.69, 9.17) is 4.42 Å². The lowest BCUT2D eigenvalue weighted by molar-refractivity contribution is 0.477. The van der Waals surface area contributed by atoms with Crippen molar-refractivity contribution in [3.63, 3.8) is 0 Å². The van der Waals surface area contributed by atoms with Crippen LogP contribution in [0.3, 0.4) is 0 Å². The molecule has 1 N–H and O–H groups in total. The average molecular weight is 270 g/mol. The molecule has 1 saturated carbocycles. The van der Waals surface area contributed by atoms with Gasteiger partial charge in [-0.2, -0.15) is 0 Å². The minimum absolute atomic E-state index is 0.711. The molecule has 1 aromatic carbocycles. The van der Waals surface area contributed by atoms with E-state index < -0.39 is 0 Å². The van der Waals surface area contributed by atoms with E-state index in [1.54, 1.807) is 6.26 Å². The highest BCUT2D eigenvalue weighted by molar-refractivity contribution is 5.48. The van der Waals surface area contributed by atoms with Gasteiger partial charge in [-0.25, -0.2) is 0 Å². The van der Waals surface area contributed by atoms with E-state index in [1.165, 1.54) is 29.7 Å². The van der Waals surface area contributed by atoms with E-state index in [-0.39, 0.29) is 0 Å². The molecule has 0 amide bonds. The predicted octanol–water partition coefficient (Wildman–Crippen LogP) is 3.48. The van der Waals surface area contributed by atoms with Gasteiger partial charge in [0.2, 0.25) is 0 Å². The molecule has 2 aromatic rings. The van der Waals surface area contributed by atoms with Crippen molar-refractivity contribution < 1.29 is 4.42 Å². The molecular formula is C17H22N2O. The normalized spacial score (nSPS) is 14.5. The van der Waals surface area contributed by atoms with E-state index in [2.05, 4.69) is 54.5 Å². The van der Waals surface area contributed by atoms with Crippen LogP contribution < -0.4 is 10.2 Å². The van der Waals surface area contributed by atoms with Gasteiger partial charge in [-0.05, 0) is 43.5 Å². The molecule has 106 valence electrons. The molecule has 1 fully saturated rings. The molecule has 1 aliphatic rings. The fraction of sp³-hybridized carbons (Fsp3) is 0.412. The maximum atomic E-state index is 5.61. The molecule has 1 heterocycles. The van der Waals surface area contributed by atoms with E-state index >= 15 is 0 Å². The van der Waals surface area contributed by atoms with Crippen LogP contribution in [0.25, 0.3) is 0 Å². The Morgan fingerprint density at radius 1 is 1.30 bits per heavy atom. The quantitative estimate of drug-likeness (QED) is 0.871. The highest BCUT2D eigenvalue weighted by atomic mass is 16.3. The predicted molar refractivity (Wildman–Crippen MR) is 81.9 cm³/mol. The van der Waals surface area contributed by atoms with Gasteiger partial charge in [-0.3, -0.25) is 0 Å². The maximum absolute atomic E-state index is 5.61. The van der Waals surface area contributed by atoms with Gasteiger partial charge < -0.3 is 14.6 Å². The molecule has 0 unspecified atom stereocenters. The number of aryl methyl sites for hydroxylation is 1. The summed E-state index contributed by atoms with van der Waals surface area (Å²) in [5.74, 6) is 1.07. The first-order valence-electron chi connectivity index (χ1n) is 7.29. The van der Waals surface area contributed by atoms with Crippen molar-refractivity contribution in [2.24, 2.45) is 0 Å². The van der Waals surface area contributed by atoms with Crippen LogP contribution >= 0.6 is 0 Å². The van der Waals surface area contributed by atoms with Gasteiger partial charge in [-0.15, -0.1) is 0 Å². The standard InChI is InChI=1S/C17H22N2O/c1-13-4-3-5-16(10-13)19(2)12-14-8-9-20-17(14)11-18-15-6-7-15/h3-5,8-10,15,18H,6-7,11-12H2,1-2H3. The SMILES string of the molecule is Cc1cccc(N(C)Cc2ccoc2CNC2CC2)c1. The Bertz CT molecular complexity index is 572. The highest BCUT2D eigenvalue weighted by Gasteiger charge is 2.21. The van der Waals surface area contributed by atoms with E-state index in [9.17, 15) is 0 Å². The smallest absolute Gasteiger partial charge is 0.122 e. The molecule has 0 bridgehead atoms. The van der Waals surface area contributed by atoms with Gasteiger partial charge in [0.15, 0.2) is 0 Å². The minimum atomic E-state index is 0.711. The van der Waals surface area contributed by atoms with Crippen LogP contribution in [0, 0.1) is 6.92 Å². The lowest BCUT2D eigenvalue weighted by Crippen LogP contribution is -2.19. The number of hydrogen-bond acceptors (Lipinski definition) is 3. The molecule has 1 aromatic heterocycles. The van der Waals surface area contributed by atoms with E-state index in [0.717, 1.165) is 18.8 Å². The number of hydrogen-bond donors (Lipinski definition) is 1. The topological polar surface area (TPSA) is 28.4 Å². The number of furan rings is 1. The Labute approximate surface area is 120 Å². The van der Waals surface area contributed by atoms with Crippen molar-refractivity contribution >= 4 is 5.69 Å². The second-order valence-corrected chi connectivity index (χ2v) is 5.72. The lowest BCUT2D eigenvalue weighted by atomic mass is 10.2. The summed E-state index contributed by atoms with van der Waals surface area (Å²) in [7, 11) is 2.12. The van der Waals surface area contributed by atoms with E-state index in [1.807, 2.05) is 0 Å². The summed E-state index contributed by atoms with van der Waals surface area (Å²) in [6, 6.07) is 11.4. The Morgan fingerprint density at radius 2 is 2.15 bits per heavy atom. The van der Waals surface area contributed by atoms with E-state index in [0.29, 0.717) is 6.04 Å². The molecule has 0 aliphatic heterocycles. The lowest BCUT2D eigenvalue weighted by Gasteiger charge is -2.19. The third kappa shape index (κ3) is 3.23. The third-order valence-electron chi connectivity index (χ3n) is 3.82. The average Bonchev–Trinajstić information content (AvgIpc) is 3.17. The molecular weight excluding hydrogens is 248 g/mol. The van der Waals surface area contributed by atoms with Crippen molar-refractivity contribution in [1.82, 2.24) is 5.32 Å². The van der Waals surface area contributed by atoms with Crippen LogP contribution in [0.1, 0.15) is 29.7 Å². The molecule has 0 saturated heterocycles. The van der Waals surface area contributed by atoms with Crippen LogP contribution in [0.5, 0.6) is 0 Å². The van der Waals surface area contributed by atoms with Crippen LogP contribution in [0.4, 0.5) is 5.69 Å². The molecule has 3 rings (SSSR count). The molecule has 0 radical (unpaired) electrons. The Hall–Kier alpha value is -1.74. The molecule has 3 nitrogen and oxygen atoms in total. The van der Waals surface area contributed by atoms with Crippen LogP contribution in [0.15, 0.2) is 41.0 Å². The number of rotatable bonds is 6. The second-order valence-electron chi connectivity index (χ2n) is 5.72. The summed E-state index contributed by atoms with van der Waals surface area (Å²) < 4.78 is 5.61. The van der Waals surface area contributed by atoms with Crippen LogP contribution in [-0.2, 0) is 13.1 Å². The zero-order valence-electron chi connectivity index (χ0n) is 12.2. The summed E-state index contributed by atoms with van der Waals surface area (Å²) >= 11 is 0. The summed E-state index contributed by atoms with van der Waals surface area (Å²) in [4.78, 5) is 2.26. The Morgan fingerprint density at radius 3 is 2.90 bits per heavy atom. The zero-order chi connectivity index (χ0) is 13.9. The molecule has 1 aliphatic carbocycles.